The molecule has 2 rings (SSSR count). The van der Waals surface area contributed by atoms with Crippen molar-refractivity contribution >= 4 is 23.2 Å². The molecule has 5 nitrogen and oxygen atoms in total. The molecule has 0 heterocycles. The van der Waals surface area contributed by atoms with E-state index in [1.165, 1.54) is 0 Å². The molecule has 0 saturated carbocycles. The lowest BCUT2D eigenvalue weighted by Gasteiger charge is -2.09. The number of phenolic OH excluding ortho intramolecular Hbond substituents is 1. The normalized spacial score (nSPS) is 11.2. The summed E-state index contributed by atoms with van der Waals surface area (Å²) in [5.41, 5.74) is 5.24. The minimum Gasteiger partial charge on any atom is -0.507 e. The molecule has 0 spiro atoms. The van der Waals surface area contributed by atoms with E-state index < -0.39 is 5.91 Å². The van der Waals surface area contributed by atoms with E-state index in [9.17, 15) is 9.90 Å². The number of hydrogen-bond donors (Lipinski definition) is 2. The maximum absolute atomic E-state index is 11.8. The molecule has 2 N–H and O–H groups in total. The fourth-order valence-corrected chi connectivity index (χ4v) is 2.27. The first-order valence-electron chi connectivity index (χ1n) is 7.39. The molecule has 24 heavy (non-hydrogen) atoms. The van der Waals surface area contributed by atoms with E-state index >= 15 is 0 Å². The molecule has 0 aliphatic heterocycles. The zero-order valence-corrected chi connectivity index (χ0v) is 14.5. The van der Waals surface area contributed by atoms with E-state index in [-0.39, 0.29) is 12.4 Å². The van der Waals surface area contributed by atoms with Crippen LogP contribution >= 0.6 is 11.6 Å². The molecule has 2 aromatic carbocycles. The molecule has 1 amide bonds. The summed E-state index contributed by atoms with van der Waals surface area (Å²) in [6.07, 6.45) is 0. The van der Waals surface area contributed by atoms with Gasteiger partial charge in [-0.3, -0.25) is 4.79 Å². The number of phenols is 1. The lowest BCUT2D eigenvalue weighted by molar-refractivity contribution is -0.123. The predicted octanol–water partition coefficient (Wildman–Crippen LogP) is 3.58. The minimum absolute atomic E-state index is 0.108. The highest BCUT2D eigenvalue weighted by Gasteiger charge is 2.07. The van der Waals surface area contributed by atoms with E-state index in [2.05, 4.69) is 10.5 Å². The minimum atomic E-state index is -0.393. The van der Waals surface area contributed by atoms with Crippen molar-refractivity contribution in [3.8, 4) is 11.5 Å². The van der Waals surface area contributed by atoms with Crippen LogP contribution < -0.4 is 10.2 Å². The number of nitrogens with zero attached hydrogens (tertiary/aromatic N) is 1. The van der Waals surface area contributed by atoms with Gasteiger partial charge in [0.15, 0.2) is 6.61 Å². The van der Waals surface area contributed by atoms with Crippen molar-refractivity contribution in [2.75, 3.05) is 6.61 Å². The SMILES string of the molecule is C/C(=N\NC(=O)COc1cc(C)c(Cl)c(C)c1)c1ccccc1O. The van der Waals surface area contributed by atoms with Gasteiger partial charge < -0.3 is 9.84 Å². The lowest BCUT2D eigenvalue weighted by atomic mass is 10.1. The van der Waals surface area contributed by atoms with Crippen LogP contribution in [0.25, 0.3) is 0 Å². The smallest absolute Gasteiger partial charge is 0.277 e. The molecule has 0 aromatic heterocycles. The molecule has 0 radical (unpaired) electrons. The van der Waals surface area contributed by atoms with Crippen LogP contribution in [0.4, 0.5) is 0 Å². The zero-order valence-electron chi connectivity index (χ0n) is 13.8. The van der Waals surface area contributed by atoms with Gasteiger partial charge in [0, 0.05) is 10.6 Å². The van der Waals surface area contributed by atoms with Gasteiger partial charge in [0.05, 0.1) is 5.71 Å². The average Bonchev–Trinajstić information content (AvgIpc) is 2.56. The van der Waals surface area contributed by atoms with E-state index in [0.717, 1.165) is 11.1 Å². The van der Waals surface area contributed by atoms with Crippen LogP contribution in [0.2, 0.25) is 5.02 Å². The zero-order chi connectivity index (χ0) is 17.7. The van der Waals surface area contributed by atoms with Gasteiger partial charge in [0.1, 0.15) is 11.5 Å². The Hall–Kier alpha value is -2.53. The van der Waals surface area contributed by atoms with E-state index in [4.69, 9.17) is 16.3 Å². The van der Waals surface area contributed by atoms with Crippen molar-refractivity contribution in [3.63, 3.8) is 0 Å². The summed E-state index contributed by atoms with van der Waals surface area (Å²) in [5.74, 6) is 0.289. The van der Waals surface area contributed by atoms with Gasteiger partial charge in [-0.15, -0.1) is 0 Å². The average molecular weight is 347 g/mol. The van der Waals surface area contributed by atoms with Gasteiger partial charge in [-0.2, -0.15) is 5.10 Å². The number of benzene rings is 2. The summed E-state index contributed by atoms with van der Waals surface area (Å²) in [6, 6.07) is 10.3. The van der Waals surface area contributed by atoms with Gasteiger partial charge in [0.2, 0.25) is 0 Å². The number of nitrogens with one attached hydrogen (secondary N) is 1. The summed E-state index contributed by atoms with van der Waals surface area (Å²) in [4.78, 5) is 11.8. The Labute approximate surface area is 145 Å². The number of rotatable bonds is 5. The highest BCUT2D eigenvalue weighted by atomic mass is 35.5. The van der Waals surface area contributed by atoms with Crippen molar-refractivity contribution in [2.24, 2.45) is 5.10 Å². The Balaban J connectivity index is 1.94. The second-order valence-electron chi connectivity index (χ2n) is 5.41. The molecule has 6 heteroatoms. The summed E-state index contributed by atoms with van der Waals surface area (Å²) >= 11 is 6.09. The fraction of sp³-hybridized carbons (Fsp3) is 0.222. The molecule has 0 aliphatic carbocycles. The number of aryl methyl sites for hydroxylation is 2. The number of carbonyl (C=O) groups is 1. The number of halogens is 1. The Morgan fingerprint density at radius 1 is 1.25 bits per heavy atom. The summed E-state index contributed by atoms with van der Waals surface area (Å²) in [5, 5.41) is 14.4. The number of hydrazone groups is 1. The third-order valence-corrected chi connectivity index (χ3v) is 4.02. The van der Waals surface area contributed by atoms with Gasteiger partial charge in [-0.05, 0) is 56.2 Å². The Kier molecular flexibility index (Phi) is 5.82. The Morgan fingerprint density at radius 3 is 2.50 bits per heavy atom. The van der Waals surface area contributed by atoms with E-state index in [1.54, 1.807) is 43.3 Å². The molecular formula is C18H19ClN2O3. The van der Waals surface area contributed by atoms with E-state index in [1.807, 2.05) is 13.8 Å². The second kappa shape index (κ2) is 7.84. The van der Waals surface area contributed by atoms with Gasteiger partial charge in [-0.1, -0.05) is 23.7 Å². The van der Waals surface area contributed by atoms with Gasteiger partial charge in [-0.25, -0.2) is 5.43 Å². The number of para-hydroxylation sites is 1. The Bertz CT molecular complexity index is 765. The monoisotopic (exact) mass is 346 g/mol. The number of ether oxygens (including phenoxy) is 1. The fourth-order valence-electron chi connectivity index (χ4n) is 2.16. The summed E-state index contributed by atoms with van der Waals surface area (Å²) < 4.78 is 5.46. The number of aromatic hydroxyl groups is 1. The molecule has 0 bridgehead atoms. The lowest BCUT2D eigenvalue weighted by Crippen LogP contribution is -2.25. The van der Waals surface area contributed by atoms with Crippen molar-refractivity contribution in [3.05, 3.63) is 58.1 Å². The van der Waals surface area contributed by atoms with Crippen LogP contribution in [-0.2, 0) is 4.79 Å². The van der Waals surface area contributed by atoms with Gasteiger partial charge in [0.25, 0.3) is 5.91 Å². The molecule has 0 aliphatic rings. The molecule has 0 unspecified atom stereocenters. The molecule has 0 fully saturated rings. The molecular weight excluding hydrogens is 328 g/mol. The van der Waals surface area contributed by atoms with Crippen LogP contribution in [0.3, 0.4) is 0 Å². The number of amides is 1. The first-order chi connectivity index (χ1) is 11.4. The number of hydrogen-bond acceptors (Lipinski definition) is 4. The topological polar surface area (TPSA) is 70.9 Å². The Morgan fingerprint density at radius 2 is 1.88 bits per heavy atom. The molecule has 126 valence electrons. The first-order valence-corrected chi connectivity index (χ1v) is 7.77. The van der Waals surface area contributed by atoms with Crippen LogP contribution in [0.15, 0.2) is 41.5 Å². The molecule has 0 atom stereocenters. The summed E-state index contributed by atoms with van der Waals surface area (Å²) in [7, 11) is 0. The van der Waals surface area contributed by atoms with E-state index in [0.29, 0.717) is 22.0 Å². The van der Waals surface area contributed by atoms with Crippen molar-refractivity contribution in [1.29, 1.82) is 0 Å². The number of carbonyl (C=O) groups excluding carboxylic acids is 1. The van der Waals surface area contributed by atoms with Crippen LogP contribution in [0, 0.1) is 13.8 Å². The summed E-state index contributed by atoms with van der Waals surface area (Å²) in [6.45, 7) is 5.28. The quantitative estimate of drug-likeness (QED) is 0.642. The first kappa shape index (κ1) is 17.8. The predicted molar refractivity (Wildman–Crippen MR) is 94.9 cm³/mol. The van der Waals surface area contributed by atoms with Crippen molar-refractivity contribution in [1.82, 2.24) is 5.43 Å². The van der Waals surface area contributed by atoms with Crippen LogP contribution in [0.5, 0.6) is 11.5 Å². The second-order valence-corrected chi connectivity index (χ2v) is 5.79. The third kappa shape index (κ3) is 4.49. The van der Waals surface area contributed by atoms with Gasteiger partial charge >= 0.3 is 0 Å². The van der Waals surface area contributed by atoms with Crippen LogP contribution in [-0.4, -0.2) is 23.3 Å². The van der Waals surface area contributed by atoms with Crippen molar-refractivity contribution < 1.29 is 14.6 Å². The third-order valence-electron chi connectivity index (χ3n) is 3.42. The molecule has 0 saturated heterocycles. The largest absolute Gasteiger partial charge is 0.507 e. The maximum atomic E-state index is 11.8. The van der Waals surface area contributed by atoms with Crippen LogP contribution in [0.1, 0.15) is 23.6 Å². The highest BCUT2D eigenvalue weighted by Crippen LogP contribution is 2.25. The standard InChI is InChI=1S/C18H19ClN2O3/c1-11-8-14(9-12(2)18(11)19)24-10-17(23)21-20-13(3)15-6-4-5-7-16(15)22/h4-9,22H,10H2,1-3H3,(H,21,23)/b20-13+. The molecule has 2 aromatic rings. The van der Waals surface area contributed by atoms with Crippen molar-refractivity contribution in [2.45, 2.75) is 20.8 Å². The maximum Gasteiger partial charge on any atom is 0.277 e. The highest BCUT2D eigenvalue weighted by molar-refractivity contribution is 6.32.